The van der Waals surface area contributed by atoms with Crippen molar-refractivity contribution in [2.45, 2.75) is 38.0 Å². The van der Waals surface area contributed by atoms with Gasteiger partial charge in [-0.25, -0.2) is 4.79 Å². The van der Waals surface area contributed by atoms with Gasteiger partial charge in [0.25, 0.3) is 0 Å². The molecule has 0 unspecified atom stereocenters. The molecule has 0 bridgehead atoms. The summed E-state index contributed by atoms with van der Waals surface area (Å²) in [7, 11) is -4.02. The van der Waals surface area contributed by atoms with E-state index in [0.717, 1.165) is 5.56 Å². The van der Waals surface area contributed by atoms with Crippen LogP contribution in [0.25, 0.3) is 0 Å². The molecule has 0 saturated heterocycles. The Hall–Kier alpha value is -4.51. The molecule has 1 amide bonds. The number of ether oxygens (including phenoxy) is 2. The standard InChI is InChI=1S/C29H29NO9S/c1-3-37-29(34)22-9-13-23(14-10-22)30-27(32)5-4-6-28(33)38-19-26(31)21-11-15-24(16-12-21)39-40(35,36)25-17-7-20(2)8-18-25/h7-18H,3-6,19H2,1-2H3,(H,30,32). The molecule has 0 aliphatic rings. The molecule has 0 aromatic heterocycles. The first-order chi connectivity index (χ1) is 19.1. The van der Waals surface area contributed by atoms with E-state index in [2.05, 4.69) is 5.32 Å². The summed E-state index contributed by atoms with van der Waals surface area (Å²) in [5.41, 5.74) is 1.98. The molecular weight excluding hydrogens is 538 g/mol. The van der Waals surface area contributed by atoms with E-state index in [4.69, 9.17) is 13.7 Å². The van der Waals surface area contributed by atoms with Gasteiger partial charge in [-0.2, -0.15) is 8.42 Å². The van der Waals surface area contributed by atoms with Crippen LogP contribution in [0.2, 0.25) is 0 Å². The van der Waals surface area contributed by atoms with E-state index in [0.29, 0.717) is 11.3 Å². The molecule has 0 atom stereocenters. The van der Waals surface area contributed by atoms with Crippen LogP contribution in [-0.2, 0) is 29.2 Å². The molecular formula is C29H29NO9S. The summed E-state index contributed by atoms with van der Waals surface area (Å²) < 4.78 is 39.8. The van der Waals surface area contributed by atoms with Crippen molar-refractivity contribution in [2.75, 3.05) is 18.5 Å². The number of carbonyl (C=O) groups is 4. The molecule has 3 aromatic rings. The average molecular weight is 568 g/mol. The number of benzene rings is 3. The van der Waals surface area contributed by atoms with Gasteiger partial charge in [0.05, 0.1) is 12.2 Å². The van der Waals surface area contributed by atoms with Gasteiger partial charge < -0.3 is 19.0 Å². The Kier molecular flexibility index (Phi) is 10.5. The molecule has 10 nitrogen and oxygen atoms in total. The number of hydrogen-bond donors (Lipinski definition) is 1. The number of hydrogen-bond acceptors (Lipinski definition) is 9. The Morgan fingerprint density at radius 3 is 2.02 bits per heavy atom. The normalized spacial score (nSPS) is 10.8. The van der Waals surface area contributed by atoms with Crippen LogP contribution >= 0.6 is 0 Å². The number of Topliss-reactive ketones (excluding diaryl/α,β-unsaturated/α-hetero) is 1. The average Bonchev–Trinajstić information content (AvgIpc) is 2.92. The predicted molar refractivity (Wildman–Crippen MR) is 146 cm³/mol. The van der Waals surface area contributed by atoms with Crippen molar-refractivity contribution in [3.63, 3.8) is 0 Å². The van der Waals surface area contributed by atoms with Crippen molar-refractivity contribution in [2.24, 2.45) is 0 Å². The zero-order valence-electron chi connectivity index (χ0n) is 22.0. The van der Waals surface area contributed by atoms with E-state index in [1.54, 1.807) is 31.2 Å². The fourth-order valence-corrected chi connectivity index (χ4v) is 4.33. The lowest BCUT2D eigenvalue weighted by molar-refractivity contribution is -0.142. The van der Waals surface area contributed by atoms with Gasteiger partial charge >= 0.3 is 22.1 Å². The number of carbonyl (C=O) groups excluding carboxylic acids is 4. The summed E-state index contributed by atoms with van der Waals surface area (Å²) in [6, 6.07) is 17.8. The van der Waals surface area contributed by atoms with Crippen molar-refractivity contribution in [3.8, 4) is 5.75 Å². The fraction of sp³-hybridized carbons (Fsp3) is 0.241. The quantitative estimate of drug-likeness (QED) is 0.180. The molecule has 0 aliphatic heterocycles. The van der Waals surface area contributed by atoms with Gasteiger partial charge in [-0.15, -0.1) is 0 Å². The number of aryl methyl sites for hydroxylation is 1. The zero-order chi connectivity index (χ0) is 29.1. The molecule has 40 heavy (non-hydrogen) atoms. The molecule has 0 saturated carbocycles. The minimum atomic E-state index is -4.02. The number of anilines is 1. The fourth-order valence-electron chi connectivity index (χ4n) is 3.40. The highest BCUT2D eigenvalue weighted by Gasteiger charge is 2.17. The monoisotopic (exact) mass is 567 g/mol. The second-order valence-electron chi connectivity index (χ2n) is 8.66. The molecule has 0 spiro atoms. The summed E-state index contributed by atoms with van der Waals surface area (Å²) in [6.45, 7) is 3.31. The van der Waals surface area contributed by atoms with Crippen LogP contribution in [0.5, 0.6) is 5.75 Å². The lowest BCUT2D eigenvalue weighted by atomic mass is 10.1. The Morgan fingerprint density at radius 2 is 1.40 bits per heavy atom. The van der Waals surface area contributed by atoms with Crippen LogP contribution in [0, 0.1) is 6.92 Å². The van der Waals surface area contributed by atoms with Gasteiger partial charge in [0.15, 0.2) is 12.4 Å². The van der Waals surface area contributed by atoms with Crippen LogP contribution in [-0.4, -0.2) is 45.3 Å². The maximum atomic E-state index is 12.4. The second-order valence-corrected chi connectivity index (χ2v) is 10.2. The Balaban J connectivity index is 1.38. The van der Waals surface area contributed by atoms with Crippen molar-refractivity contribution in [1.29, 1.82) is 0 Å². The van der Waals surface area contributed by atoms with Gasteiger partial charge in [0, 0.05) is 24.1 Å². The van der Waals surface area contributed by atoms with E-state index in [-0.39, 0.29) is 48.0 Å². The van der Waals surface area contributed by atoms with Crippen molar-refractivity contribution < 1.29 is 41.3 Å². The van der Waals surface area contributed by atoms with Gasteiger partial charge in [-0.1, -0.05) is 17.7 Å². The highest BCUT2D eigenvalue weighted by atomic mass is 32.2. The topological polar surface area (TPSA) is 142 Å². The molecule has 1 N–H and O–H groups in total. The van der Waals surface area contributed by atoms with Crippen LogP contribution < -0.4 is 9.50 Å². The highest BCUT2D eigenvalue weighted by Crippen LogP contribution is 2.20. The van der Waals surface area contributed by atoms with E-state index in [1.165, 1.54) is 48.5 Å². The Morgan fingerprint density at radius 1 is 0.775 bits per heavy atom. The molecule has 3 rings (SSSR count). The molecule has 210 valence electrons. The van der Waals surface area contributed by atoms with E-state index >= 15 is 0 Å². The summed E-state index contributed by atoms with van der Waals surface area (Å²) in [6.07, 6.45) is 0.197. The van der Waals surface area contributed by atoms with Gasteiger partial charge in [0.1, 0.15) is 10.6 Å². The number of nitrogens with one attached hydrogen (secondary N) is 1. The van der Waals surface area contributed by atoms with Gasteiger partial charge in [0.2, 0.25) is 5.91 Å². The maximum Gasteiger partial charge on any atom is 0.339 e. The largest absolute Gasteiger partial charge is 0.462 e. The Bertz CT molecular complexity index is 1450. The molecule has 11 heteroatoms. The molecule has 3 aromatic carbocycles. The third-order valence-corrected chi connectivity index (χ3v) is 6.78. The lowest BCUT2D eigenvalue weighted by Gasteiger charge is -2.08. The van der Waals surface area contributed by atoms with Crippen molar-refractivity contribution >= 4 is 39.4 Å². The van der Waals surface area contributed by atoms with E-state index < -0.39 is 34.4 Å². The Labute approximate surface area is 232 Å². The first kappa shape index (κ1) is 30.0. The molecule has 0 aliphatic carbocycles. The summed E-state index contributed by atoms with van der Waals surface area (Å²) in [5, 5.41) is 2.67. The maximum absolute atomic E-state index is 12.4. The molecule has 0 fully saturated rings. The zero-order valence-corrected chi connectivity index (χ0v) is 22.9. The summed E-state index contributed by atoms with van der Waals surface area (Å²) in [5.74, 6) is -1.86. The van der Waals surface area contributed by atoms with E-state index in [9.17, 15) is 27.6 Å². The number of ketones is 1. The van der Waals surface area contributed by atoms with E-state index in [1.807, 2.05) is 6.92 Å². The molecule has 0 radical (unpaired) electrons. The van der Waals surface area contributed by atoms with Crippen LogP contribution in [0.4, 0.5) is 5.69 Å². The third-order valence-electron chi connectivity index (χ3n) is 5.52. The van der Waals surface area contributed by atoms with Crippen LogP contribution in [0.3, 0.4) is 0 Å². The van der Waals surface area contributed by atoms with Crippen LogP contribution in [0.15, 0.2) is 77.7 Å². The summed E-state index contributed by atoms with van der Waals surface area (Å²) in [4.78, 5) is 48.2. The van der Waals surface area contributed by atoms with Crippen molar-refractivity contribution in [1.82, 2.24) is 0 Å². The van der Waals surface area contributed by atoms with Crippen molar-refractivity contribution in [3.05, 3.63) is 89.5 Å². The van der Waals surface area contributed by atoms with Crippen LogP contribution in [0.1, 0.15) is 52.5 Å². The van der Waals surface area contributed by atoms with Gasteiger partial charge in [-0.3, -0.25) is 14.4 Å². The minimum absolute atomic E-state index is 0.00679. The predicted octanol–water partition coefficient (Wildman–Crippen LogP) is 4.47. The lowest BCUT2D eigenvalue weighted by Crippen LogP contribution is -2.16. The minimum Gasteiger partial charge on any atom is -0.462 e. The number of esters is 2. The first-order valence-electron chi connectivity index (χ1n) is 12.4. The summed E-state index contributed by atoms with van der Waals surface area (Å²) >= 11 is 0. The third kappa shape index (κ3) is 9.05. The van der Waals surface area contributed by atoms with Gasteiger partial charge in [-0.05, 0) is 80.9 Å². The second kappa shape index (κ2) is 14.0. The number of rotatable bonds is 13. The highest BCUT2D eigenvalue weighted by molar-refractivity contribution is 7.87. The SMILES string of the molecule is CCOC(=O)c1ccc(NC(=O)CCCC(=O)OCC(=O)c2ccc(OS(=O)(=O)c3ccc(C)cc3)cc2)cc1. The molecule has 0 heterocycles. The first-order valence-corrected chi connectivity index (χ1v) is 13.9. The smallest absolute Gasteiger partial charge is 0.339 e. The number of amides is 1.